The first-order valence-electron chi connectivity index (χ1n) is 16.0. The Balaban J connectivity index is 1.46. The number of hydrogen-bond acceptors (Lipinski definition) is 6. The molecule has 9 heteroatoms. The van der Waals surface area contributed by atoms with Crippen molar-refractivity contribution in [3.8, 4) is 11.5 Å². The summed E-state index contributed by atoms with van der Waals surface area (Å²) in [7, 11) is 0. The molecule has 1 unspecified atom stereocenters. The minimum Gasteiger partial charge on any atom is -0.488 e. The van der Waals surface area contributed by atoms with Crippen molar-refractivity contribution in [3.05, 3.63) is 101 Å². The highest BCUT2D eigenvalue weighted by atomic mass is 19.4. The van der Waals surface area contributed by atoms with Crippen LogP contribution in [-0.4, -0.2) is 30.5 Å². The minimum absolute atomic E-state index is 0.0133. The quantitative estimate of drug-likeness (QED) is 0.152. The van der Waals surface area contributed by atoms with Crippen molar-refractivity contribution < 1.29 is 41.7 Å². The van der Waals surface area contributed by atoms with E-state index in [0.717, 1.165) is 43.2 Å². The smallest absolute Gasteiger partial charge is 0.488 e. The molecule has 1 atom stereocenters. The number of esters is 2. The fourth-order valence-electron chi connectivity index (χ4n) is 5.32. The van der Waals surface area contributed by atoms with Crippen LogP contribution in [0.5, 0.6) is 11.5 Å². The van der Waals surface area contributed by atoms with Crippen LogP contribution in [0.4, 0.5) is 13.2 Å². The number of allylic oxidation sites excluding steroid dienone is 1. The lowest BCUT2D eigenvalue weighted by Gasteiger charge is -2.20. The molecule has 1 fully saturated rings. The first-order valence-corrected chi connectivity index (χ1v) is 16.0. The molecule has 1 aliphatic carbocycles. The van der Waals surface area contributed by atoms with Crippen molar-refractivity contribution >= 4 is 18.0 Å². The van der Waals surface area contributed by atoms with Gasteiger partial charge in [0.15, 0.2) is 0 Å². The fourth-order valence-corrected chi connectivity index (χ4v) is 5.32. The summed E-state index contributed by atoms with van der Waals surface area (Å²) in [6.45, 7) is 7.86. The van der Waals surface area contributed by atoms with Gasteiger partial charge in [-0.1, -0.05) is 54.6 Å². The Labute approximate surface area is 274 Å². The van der Waals surface area contributed by atoms with Crippen molar-refractivity contribution in [1.29, 1.82) is 0 Å². The molecule has 0 N–H and O–H groups in total. The van der Waals surface area contributed by atoms with E-state index in [1.165, 1.54) is 24.3 Å². The Morgan fingerprint density at radius 1 is 0.915 bits per heavy atom. The molecule has 3 aromatic carbocycles. The van der Waals surface area contributed by atoms with E-state index >= 15 is 0 Å². The second-order valence-corrected chi connectivity index (χ2v) is 13.1. The lowest BCUT2D eigenvalue weighted by atomic mass is 9.87. The van der Waals surface area contributed by atoms with Gasteiger partial charge in [0, 0.05) is 5.56 Å². The number of alkyl halides is 3. The third-order valence-electron chi connectivity index (χ3n) is 7.93. The molecule has 1 saturated carbocycles. The molecule has 47 heavy (non-hydrogen) atoms. The topological polar surface area (TPSA) is 71.1 Å². The number of para-hydroxylation sites is 1. The van der Waals surface area contributed by atoms with Gasteiger partial charge in [-0.15, -0.1) is 13.2 Å². The zero-order valence-corrected chi connectivity index (χ0v) is 27.4. The summed E-state index contributed by atoms with van der Waals surface area (Å²) in [5, 5.41) is 0. The molecule has 0 aromatic heterocycles. The van der Waals surface area contributed by atoms with E-state index in [9.17, 15) is 22.8 Å². The molecular formula is C38H43F3O6. The highest BCUT2D eigenvalue weighted by molar-refractivity contribution is 5.89. The van der Waals surface area contributed by atoms with E-state index in [0.29, 0.717) is 29.9 Å². The summed E-state index contributed by atoms with van der Waals surface area (Å²) in [5.74, 6) is -0.0248. The number of benzene rings is 3. The van der Waals surface area contributed by atoms with Crippen LogP contribution in [0.2, 0.25) is 0 Å². The zero-order valence-electron chi connectivity index (χ0n) is 27.4. The van der Waals surface area contributed by atoms with E-state index in [-0.39, 0.29) is 35.6 Å². The van der Waals surface area contributed by atoms with Crippen LogP contribution in [0.25, 0.3) is 6.08 Å². The largest absolute Gasteiger partial charge is 0.573 e. The molecule has 4 rings (SSSR count). The molecule has 3 aromatic rings. The molecule has 252 valence electrons. The van der Waals surface area contributed by atoms with Gasteiger partial charge in [0.1, 0.15) is 23.7 Å². The van der Waals surface area contributed by atoms with E-state index in [2.05, 4.69) is 10.8 Å². The Bertz CT molecular complexity index is 1500. The number of ether oxygens (including phenoxy) is 4. The Kier molecular flexibility index (Phi) is 11.8. The SMILES string of the molecule is CCOC(=O)CC1(CCC(/C=C/c2ccccc2OCc2ccc(OC(F)(F)F)cc2)Cc2ccc(C(=O)OC(C)(C)C)cc2)CC1. The lowest BCUT2D eigenvalue weighted by molar-refractivity contribution is -0.274. The number of hydrogen-bond donors (Lipinski definition) is 0. The number of carbonyl (C=O) groups excluding carboxylic acids is 2. The molecule has 0 radical (unpaired) electrons. The first-order chi connectivity index (χ1) is 22.2. The number of carbonyl (C=O) groups is 2. The Hall–Kier alpha value is -4.27. The van der Waals surface area contributed by atoms with Crippen LogP contribution < -0.4 is 9.47 Å². The number of halogens is 3. The van der Waals surface area contributed by atoms with Gasteiger partial charge in [-0.25, -0.2) is 4.79 Å². The second kappa shape index (κ2) is 15.5. The van der Waals surface area contributed by atoms with Gasteiger partial charge < -0.3 is 18.9 Å². The summed E-state index contributed by atoms with van der Waals surface area (Å²) in [5.41, 5.74) is 2.54. The third-order valence-corrected chi connectivity index (χ3v) is 7.93. The lowest BCUT2D eigenvalue weighted by Crippen LogP contribution is -2.23. The maximum Gasteiger partial charge on any atom is 0.573 e. The number of rotatable bonds is 15. The second-order valence-electron chi connectivity index (χ2n) is 13.1. The standard InChI is InChI=1S/C38H43F3O6/c1-5-44-34(42)25-37(22-23-37)21-20-28(24-27-11-16-31(17-12-27)35(43)47-36(2,3)4)10-15-30-8-6-7-9-33(30)45-26-29-13-18-32(19-14-29)46-38(39,40)41/h6-19,28H,5,20-26H2,1-4H3/b15-10+. The van der Waals surface area contributed by atoms with Crippen LogP contribution in [-0.2, 0) is 27.3 Å². The zero-order chi connectivity index (χ0) is 34.1. The van der Waals surface area contributed by atoms with Crippen molar-refractivity contribution in [2.45, 2.75) is 84.8 Å². The predicted molar refractivity (Wildman–Crippen MR) is 174 cm³/mol. The molecule has 0 bridgehead atoms. The fraction of sp³-hybridized carbons (Fsp3) is 0.421. The normalized spacial score (nSPS) is 14.8. The molecule has 1 aliphatic rings. The van der Waals surface area contributed by atoms with Gasteiger partial charge in [-0.3, -0.25) is 4.79 Å². The van der Waals surface area contributed by atoms with Gasteiger partial charge >= 0.3 is 18.3 Å². The predicted octanol–water partition coefficient (Wildman–Crippen LogP) is 9.51. The van der Waals surface area contributed by atoms with Gasteiger partial charge in [0.2, 0.25) is 0 Å². The van der Waals surface area contributed by atoms with Crippen molar-refractivity contribution in [2.24, 2.45) is 11.3 Å². The van der Waals surface area contributed by atoms with E-state index in [4.69, 9.17) is 14.2 Å². The van der Waals surface area contributed by atoms with E-state index in [1.54, 1.807) is 12.1 Å². The van der Waals surface area contributed by atoms with Crippen molar-refractivity contribution in [1.82, 2.24) is 0 Å². The summed E-state index contributed by atoms with van der Waals surface area (Å²) < 4.78 is 58.2. The molecule has 0 spiro atoms. The molecule has 0 heterocycles. The van der Waals surface area contributed by atoms with E-state index in [1.807, 2.05) is 70.2 Å². The third kappa shape index (κ3) is 12.1. The molecular weight excluding hydrogens is 609 g/mol. The summed E-state index contributed by atoms with van der Waals surface area (Å²) in [6.07, 6.45) is 4.37. The molecule has 0 aliphatic heterocycles. The summed E-state index contributed by atoms with van der Waals surface area (Å²) in [6, 6.07) is 20.7. The monoisotopic (exact) mass is 652 g/mol. The van der Waals surface area contributed by atoms with Crippen LogP contribution in [0.15, 0.2) is 78.9 Å². The van der Waals surface area contributed by atoms with Crippen LogP contribution in [0, 0.1) is 11.3 Å². The molecule has 0 amide bonds. The maximum atomic E-state index is 12.5. The minimum atomic E-state index is -4.75. The molecule has 0 saturated heterocycles. The highest BCUT2D eigenvalue weighted by Gasteiger charge is 2.44. The van der Waals surface area contributed by atoms with Crippen LogP contribution >= 0.6 is 0 Å². The van der Waals surface area contributed by atoms with Gasteiger partial charge in [-0.05, 0) is 113 Å². The van der Waals surface area contributed by atoms with Crippen molar-refractivity contribution in [2.75, 3.05) is 6.61 Å². The summed E-state index contributed by atoms with van der Waals surface area (Å²) in [4.78, 5) is 24.8. The average molecular weight is 653 g/mol. The maximum absolute atomic E-state index is 12.5. The van der Waals surface area contributed by atoms with Crippen LogP contribution in [0.1, 0.15) is 86.8 Å². The Morgan fingerprint density at radius 2 is 1.57 bits per heavy atom. The van der Waals surface area contributed by atoms with Crippen molar-refractivity contribution in [3.63, 3.8) is 0 Å². The summed E-state index contributed by atoms with van der Waals surface area (Å²) >= 11 is 0. The van der Waals surface area contributed by atoms with Gasteiger partial charge in [-0.2, -0.15) is 0 Å². The molecule has 6 nitrogen and oxygen atoms in total. The highest BCUT2D eigenvalue weighted by Crippen LogP contribution is 2.53. The van der Waals surface area contributed by atoms with Gasteiger partial charge in [0.05, 0.1) is 18.6 Å². The van der Waals surface area contributed by atoms with E-state index < -0.39 is 12.0 Å². The first kappa shape index (κ1) is 35.6. The van der Waals surface area contributed by atoms with Crippen LogP contribution in [0.3, 0.4) is 0 Å². The Morgan fingerprint density at radius 3 is 2.19 bits per heavy atom. The van der Waals surface area contributed by atoms with Gasteiger partial charge in [0.25, 0.3) is 0 Å². The average Bonchev–Trinajstić information content (AvgIpc) is 3.76.